The van der Waals surface area contributed by atoms with E-state index in [1.807, 2.05) is 0 Å². The number of rotatable bonds is 72. The number of ether oxygens (including phenoxy) is 1. The van der Waals surface area contributed by atoms with E-state index in [4.69, 9.17) is 4.74 Å². The molecule has 0 saturated carbocycles. The highest BCUT2D eigenvalue weighted by atomic mass is 16.5. The van der Waals surface area contributed by atoms with E-state index in [9.17, 15) is 19.8 Å². The first-order valence-corrected chi connectivity index (χ1v) is 38.1. The predicted octanol–water partition coefficient (Wildman–Crippen LogP) is 24.9. The fourth-order valence-corrected chi connectivity index (χ4v) is 12.2. The summed E-state index contributed by atoms with van der Waals surface area (Å²) in [6, 6.07) is -0.539. The van der Waals surface area contributed by atoms with Crippen LogP contribution in [0.1, 0.15) is 431 Å². The standard InChI is InChI=1S/C77H149NO5/c1-3-5-7-9-11-13-15-17-19-20-21-35-38-42-45-49-53-57-61-65-69-75(80)74(73-79)78-76(81)70-66-62-58-54-50-46-43-39-36-33-31-29-27-25-23-22-24-26-28-30-32-34-37-40-44-48-52-56-60-64-68-72-83-77(82)71-67-63-59-55-51-47-41-18-16-14-12-10-8-6-4-2/h12,14,18,41,74-75,79-80H,3-11,13,15-17,19-40,42-73H2,1-2H3,(H,78,81)/b14-12-,41-18-. The van der Waals surface area contributed by atoms with Crippen LogP contribution in [0.4, 0.5) is 0 Å². The van der Waals surface area contributed by atoms with Gasteiger partial charge in [-0.25, -0.2) is 0 Å². The first kappa shape index (κ1) is 81.3. The second kappa shape index (κ2) is 72.8. The van der Waals surface area contributed by atoms with E-state index in [-0.39, 0.29) is 18.5 Å². The molecule has 2 atom stereocenters. The Morgan fingerprint density at radius 2 is 0.602 bits per heavy atom. The summed E-state index contributed by atoms with van der Waals surface area (Å²) in [7, 11) is 0. The van der Waals surface area contributed by atoms with Crippen molar-refractivity contribution in [2.45, 2.75) is 443 Å². The minimum atomic E-state index is -0.662. The second-order valence-corrected chi connectivity index (χ2v) is 26.3. The van der Waals surface area contributed by atoms with Crippen molar-refractivity contribution in [2.24, 2.45) is 0 Å². The molecule has 492 valence electrons. The summed E-state index contributed by atoms with van der Waals surface area (Å²) in [6.07, 6.45) is 92.5. The average Bonchev–Trinajstić information content (AvgIpc) is 3.49. The molecule has 3 N–H and O–H groups in total. The Hall–Kier alpha value is -1.66. The minimum Gasteiger partial charge on any atom is -0.466 e. The summed E-state index contributed by atoms with van der Waals surface area (Å²) in [5.74, 6) is -0.0185. The first-order valence-electron chi connectivity index (χ1n) is 38.1. The fourth-order valence-electron chi connectivity index (χ4n) is 12.2. The van der Waals surface area contributed by atoms with Gasteiger partial charge >= 0.3 is 5.97 Å². The minimum absolute atomic E-state index is 0.00748. The van der Waals surface area contributed by atoms with Gasteiger partial charge < -0.3 is 20.3 Å². The van der Waals surface area contributed by atoms with Crippen LogP contribution in [0.15, 0.2) is 24.3 Å². The van der Waals surface area contributed by atoms with Gasteiger partial charge in [-0.3, -0.25) is 9.59 Å². The highest BCUT2D eigenvalue weighted by Gasteiger charge is 2.20. The van der Waals surface area contributed by atoms with Gasteiger partial charge in [0.05, 0.1) is 25.4 Å². The maximum absolute atomic E-state index is 12.6. The molecule has 0 radical (unpaired) electrons. The van der Waals surface area contributed by atoms with Gasteiger partial charge in [0.15, 0.2) is 0 Å². The van der Waals surface area contributed by atoms with Crippen LogP contribution < -0.4 is 5.32 Å². The Balaban J connectivity index is 3.33. The number of allylic oxidation sites excluding steroid dienone is 4. The summed E-state index contributed by atoms with van der Waals surface area (Å²) in [5, 5.41) is 23.4. The van der Waals surface area contributed by atoms with E-state index in [0.29, 0.717) is 25.9 Å². The van der Waals surface area contributed by atoms with E-state index >= 15 is 0 Å². The van der Waals surface area contributed by atoms with Gasteiger partial charge in [0.2, 0.25) is 5.91 Å². The summed E-state index contributed by atoms with van der Waals surface area (Å²) < 4.78 is 5.49. The molecule has 1 amide bonds. The van der Waals surface area contributed by atoms with E-state index in [1.54, 1.807) is 0 Å². The Bertz CT molecular complexity index is 1300. The van der Waals surface area contributed by atoms with E-state index in [2.05, 4.69) is 43.5 Å². The van der Waals surface area contributed by atoms with Crippen LogP contribution in [-0.2, 0) is 14.3 Å². The summed E-state index contributed by atoms with van der Waals surface area (Å²) >= 11 is 0. The van der Waals surface area contributed by atoms with Gasteiger partial charge in [0.1, 0.15) is 0 Å². The SMILES string of the molecule is CCCCC/C=C\C/C=C\CCCCCCCC(=O)OCCCCCCCCCCCCCCCCCCCCCCCCCCCCCCCCCC(=O)NC(CO)C(O)CCCCCCCCCCCCCCCCCCCCCC. The Labute approximate surface area is 520 Å². The van der Waals surface area contributed by atoms with Crippen molar-refractivity contribution in [3.8, 4) is 0 Å². The number of carbonyl (C=O) groups excluding carboxylic acids is 2. The fraction of sp³-hybridized carbons (Fsp3) is 0.922. The third kappa shape index (κ3) is 69.3. The second-order valence-electron chi connectivity index (χ2n) is 26.3. The molecule has 0 aliphatic heterocycles. The van der Waals surface area contributed by atoms with E-state index < -0.39 is 12.1 Å². The Morgan fingerprint density at radius 1 is 0.337 bits per heavy atom. The molecule has 0 aromatic heterocycles. The highest BCUT2D eigenvalue weighted by Crippen LogP contribution is 2.20. The number of amides is 1. The molecule has 0 aliphatic carbocycles. The molecule has 6 nitrogen and oxygen atoms in total. The smallest absolute Gasteiger partial charge is 0.305 e. The number of aliphatic hydroxyl groups excluding tert-OH is 2. The van der Waals surface area contributed by atoms with Crippen molar-refractivity contribution >= 4 is 11.9 Å². The molecular weight excluding hydrogens is 1020 g/mol. The Kier molecular flexibility index (Phi) is 71.4. The summed E-state index contributed by atoms with van der Waals surface area (Å²) in [6.45, 7) is 4.97. The monoisotopic (exact) mass is 1170 g/mol. The average molecular weight is 1170 g/mol. The zero-order valence-corrected chi connectivity index (χ0v) is 56.5. The van der Waals surface area contributed by atoms with Gasteiger partial charge in [-0.1, -0.05) is 385 Å². The molecule has 0 spiro atoms. The highest BCUT2D eigenvalue weighted by molar-refractivity contribution is 5.76. The number of hydrogen-bond donors (Lipinski definition) is 3. The topological polar surface area (TPSA) is 95.9 Å². The number of unbranched alkanes of at least 4 members (excludes halogenated alkanes) is 57. The molecule has 0 bridgehead atoms. The summed E-state index contributed by atoms with van der Waals surface area (Å²) in [4.78, 5) is 24.6. The van der Waals surface area contributed by atoms with Crippen LogP contribution >= 0.6 is 0 Å². The van der Waals surface area contributed by atoms with Crippen LogP contribution in [0, 0.1) is 0 Å². The lowest BCUT2D eigenvalue weighted by Gasteiger charge is -2.22. The normalized spacial score (nSPS) is 12.6. The molecule has 0 aromatic carbocycles. The molecule has 6 heteroatoms. The van der Waals surface area contributed by atoms with Crippen molar-refractivity contribution in [3.05, 3.63) is 24.3 Å². The van der Waals surface area contributed by atoms with Crippen LogP contribution in [-0.4, -0.2) is 47.4 Å². The van der Waals surface area contributed by atoms with Crippen LogP contribution in [0.2, 0.25) is 0 Å². The third-order valence-corrected chi connectivity index (χ3v) is 18.0. The molecule has 0 heterocycles. The number of aliphatic hydroxyl groups is 2. The number of nitrogens with one attached hydrogen (secondary N) is 1. The molecule has 0 aliphatic rings. The van der Waals surface area contributed by atoms with Gasteiger partial charge in [0, 0.05) is 12.8 Å². The largest absolute Gasteiger partial charge is 0.466 e. The van der Waals surface area contributed by atoms with E-state index in [0.717, 1.165) is 51.4 Å². The molecule has 0 aromatic rings. The van der Waals surface area contributed by atoms with Crippen molar-refractivity contribution in [1.82, 2.24) is 5.32 Å². The Morgan fingerprint density at radius 3 is 0.940 bits per heavy atom. The van der Waals surface area contributed by atoms with Gasteiger partial charge in [-0.15, -0.1) is 0 Å². The molecule has 0 fully saturated rings. The van der Waals surface area contributed by atoms with Crippen LogP contribution in [0.5, 0.6) is 0 Å². The number of esters is 1. The van der Waals surface area contributed by atoms with Gasteiger partial charge in [-0.2, -0.15) is 0 Å². The zero-order chi connectivity index (χ0) is 59.9. The maximum Gasteiger partial charge on any atom is 0.305 e. The van der Waals surface area contributed by atoms with Gasteiger partial charge in [0.25, 0.3) is 0 Å². The quantitative estimate of drug-likeness (QED) is 0.0320. The van der Waals surface area contributed by atoms with E-state index in [1.165, 1.54) is 347 Å². The van der Waals surface area contributed by atoms with Crippen LogP contribution in [0.25, 0.3) is 0 Å². The van der Waals surface area contributed by atoms with Crippen molar-refractivity contribution in [1.29, 1.82) is 0 Å². The first-order chi connectivity index (χ1) is 41.0. The van der Waals surface area contributed by atoms with Crippen LogP contribution in [0.3, 0.4) is 0 Å². The van der Waals surface area contributed by atoms with Crippen molar-refractivity contribution < 1.29 is 24.5 Å². The van der Waals surface area contributed by atoms with Crippen molar-refractivity contribution in [3.63, 3.8) is 0 Å². The van der Waals surface area contributed by atoms with Crippen molar-refractivity contribution in [2.75, 3.05) is 13.2 Å². The number of hydrogen-bond acceptors (Lipinski definition) is 5. The zero-order valence-electron chi connectivity index (χ0n) is 56.5. The number of carbonyl (C=O) groups is 2. The lowest BCUT2D eigenvalue weighted by atomic mass is 10.0. The lowest BCUT2D eigenvalue weighted by Crippen LogP contribution is -2.45. The molecule has 83 heavy (non-hydrogen) atoms. The predicted molar refractivity (Wildman–Crippen MR) is 366 cm³/mol. The summed E-state index contributed by atoms with van der Waals surface area (Å²) in [5.41, 5.74) is 0. The molecular formula is C77H149NO5. The molecule has 2 unspecified atom stereocenters. The van der Waals surface area contributed by atoms with Gasteiger partial charge in [-0.05, 0) is 57.8 Å². The third-order valence-electron chi connectivity index (χ3n) is 18.0. The lowest BCUT2D eigenvalue weighted by molar-refractivity contribution is -0.143. The molecule has 0 rings (SSSR count). The maximum atomic E-state index is 12.6. The molecule has 0 saturated heterocycles.